The van der Waals surface area contributed by atoms with Gasteiger partial charge in [0.2, 0.25) is 0 Å². The minimum absolute atomic E-state index is 0.0801. The summed E-state index contributed by atoms with van der Waals surface area (Å²) in [6.07, 6.45) is 0. The van der Waals surface area contributed by atoms with Crippen molar-refractivity contribution >= 4 is 9.84 Å². The van der Waals surface area contributed by atoms with Crippen LogP contribution in [0.1, 0.15) is 18.1 Å². The fourth-order valence-corrected chi connectivity index (χ4v) is 2.62. The molecule has 2 N–H and O–H groups in total. The molecule has 0 aromatic heterocycles. The summed E-state index contributed by atoms with van der Waals surface area (Å²) in [6.45, 7) is 3.40. The average Bonchev–Trinajstić information content (AvgIpc) is 2.22. The van der Waals surface area contributed by atoms with Crippen LogP contribution in [0.5, 0.6) is 0 Å². The van der Waals surface area contributed by atoms with Crippen LogP contribution in [-0.4, -0.2) is 20.2 Å². The van der Waals surface area contributed by atoms with Crippen LogP contribution in [0.3, 0.4) is 0 Å². The van der Waals surface area contributed by atoms with Crippen molar-refractivity contribution in [1.29, 1.82) is 0 Å². The normalized spacial score (nSPS) is 13.8. The number of sulfone groups is 1. The molecule has 90 valence electrons. The van der Waals surface area contributed by atoms with E-state index in [2.05, 4.69) is 0 Å². The minimum atomic E-state index is -3.29. The maximum atomic E-state index is 13.0. The molecule has 0 spiro atoms. The van der Waals surface area contributed by atoms with Gasteiger partial charge in [0.05, 0.1) is 11.0 Å². The minimum Gasteiger partial charge on any atom is -0.329 e. The number of hydrogen-bond donors (Lipinski definition) is 1. The van der Waals surface area contributed by atoms with Crippen LogP contribution >= 0.6 is 0 Å². The second-order valence-corrected chi connectivity index (χ2v) is 6.34. The lowest BCUT2D eigenvalue weighted by Crippen LogP contribution is -2.27. The zero-order valence-corrected chi connectivity index (χ0v) is 10.2. The molecule has 1 aromatic carbocycles. The van der Waals surface area contributed by atoms with Gasteiger partial charge in [0, 0.05) is 6.54 Å². The van der Waals surface area contributed by atoms with E-state index in [1.807, 2.05) is 0 Å². The number of hydrogen-bond acceptors (Lipinski definition) is 3. The zero-order valence-electron chi connectivity index (χ0n) is 9.40. The van der Waals surface area contributed by atoms with Gasteiger partial charge in [-0.1, -0.05) is 6.07 Å². The molecule has 5 heteroatoms. The fourth-order valence-electron chi connectivity index (χ4n) is 1.30. The van der Waals surface area contributed by atoms with Gasteiger partial charge in [-0.05, 0) is 37.1 Å². The van der Waals surface area contributed by atoms with E-state index in [0.717, 1.165) is 5.56 Å². The lowest BCUT2D eigenvalue weighted by Gasteiger charge is -2.12. The van der Waals surface area contributed by atoms with E-state index >= 15 is 0 Å². The predicted octanol–water partition coefficient (Wildman–Crippen LogP) is 1.40. The summed E-state index contributed by atoms with van der Waals surface area (Å²) in [4.78, 5) is 0. The van der Waals surface area contributed by atoms with Crippen LogP contribution in [0.15, 0.2) is 18.2 Å². The maximum Gasteiger partial charge on any atom is 0.158 e. The Balaban J connectivity index is 3.01. The highest BCUT2D eigenvalue weighted by atomic mass is 32.2. The zero-order chi connectivity index (χ0) is 12.3. The van der Waals surface area contributed by atoms with Crippen molar-refractivity contribution in [3.63, 3.8) is 0 Å². The second kappa shape index (κ2) is 4.93. The van der Waals surface area contributed by atoms with Crippen LogP contribution < -0.4 is 5.73 Å². The molecule has 1 rings (SSSR count). The van der Waals surface area contributed by atoms with Crippen molar-refractivity contribution in [3.05, 3.63) is 35.1 Å². The average molecular weight is 245 g/mol. The molecule has 0 aliphatic rings. The molecule has 1 atom stereocenters. The molecule has 0 bridgehead atoms. The third kappa shape index (κ3) is 3.02. The first-order valence-corrected chi connectivity index (χ1v) is 6.75. The van der Waals surface area contributed by atoms with Gasteiger partial charge in [-0.3, -0.25) is 0 Å². The molecule has 0 heterocycles. The molecule has 0 saturated carbocycles. The molecule has 0 saturated heterocycles. The SMILES string of the molecule is Cc1ccc(F)cc1CS(=O)(=O)C(C)CN. The van der Waals surface area contributed by atoms with Gasteiger partial charge in [0.1, 0.15) is 5.82 Å². The van der Waals surface area contributed by atoms with Gasteiger partial charge in [0.15, 0.2) is 9.84 Å². The van der Waals surface area contributed by atoms with Gasteiger partial charge in [-0.2, -0.15) is 0 Å². The molecule has 0 aliphatic carbocycles. The van der Waals surface area contributed by atoms with E-state index in [0.29, 0.717) is 5.56 Å². The third-order valence-corrected chi connectivity index (χ3v) is 4.74. The Morgan fingerprint density at radius 1 is 1.44 bits per heavy atom. The van der Waals surface area contributed by atoms with E-state index in [1.54, 1.807) is 19.9 Å². The summed E-state index contributed by atoms with van der Waals surface area (Å²) in [7, 11) is -3.29. The first-order chi connectivity index (χ1) is 7.36. The molecule has 0 radical (unpaired) electrons. The molecule has 16 heavy (non-hydrogen) atoms. The summed E-state index contributed by atoms with van der Waals surface area (Å²) >= 11 is 0. The Morgan fingerprint density at radius 2 is 2.06 bits per heavy atom. The van der Waals surface area contributed by atoms with E-state index in [-0.39, 0.29) is 12.3 Å². The highest BCUT2D eigenvalue weighted by Gasteiger charge is 2.20. The molecular weight excluding hydrogens is 229 g/mol. The van der Waals surface area contributed by atoms with Crippen molar-refractivity contribution in [3.8, 4) is 0 Å². The Hall–Kier alpha value is -0.940. The Bertz CT molecular complexity index is 471. The first kappa shape index (κ1) is 13.1. The maximum absolute atomic E-state index is 13.0. The second-order valence-electron chi connectivity index (χ2n) is 3.92. The number of halogens is 1. The van der Waals surface area contributed by atoms with Crippen LogP contribution in [0.25, 0.3) is 0 Å². The molecule has 1 aromatic rings. The quantitative estimate of drug-likeness (QED) is 0.872. The van der Waals surface area contributed by atoms with E-state index in [9.17, 15) is 12.8 Å². The molecule has 3 nitrogen and oxygen atoms in total. The van der Waals surface area contributed by atoms with Crippen LogP contribution in [0.2, 0.25) is 0 Å². The third-order valence-electron chi connectivity index (χ3n) is 2.61. The van der Waals surface area contributed by atoms with Gasteiger partial charge in [-0.25, -0.2) is 12.8 Å². The van der Waals surface area contributed by atoms with Gasteiger partial charge in [0.25, 0.3) is 0 Å². The molecule has 0 fully saturated rings. The summed E-state index contributed by atoms with van der Waals surface area (Å²) in [6, 6.07) is 4.15. The standard InChI is InChI=1S/C11H16FNO2S/c1-8-3-4-11(12)5-10(8)7-16(14,15)9(2)6-13/h3-5,9H,6-7,13H2,1-2H3. The number of rotatable bonds is 4. The molecule has 0 amide bonds. The highest BCUT2D eigenvalue weighted by Crippen LogP contribution is 2.16. The number of aryl methyl sites for hydroxylation is 1. The monoisotopic (exact) mass is 245 g/mol. The number of nitrogens with two attached hydrogens (primary N) is 1. The lowest BCUT2D eigenvalue weighted by molar-refractivity contribution is 0.582. The summed E-state index contributed by atoms with van der Waals surface area (Å²) in [5.41, 5.74) is 6.60. The highest BCUT2D eigenvalue weighted by molar-refractivity contribution is 7.91. The molecular formula is C11H16FNO2S. The Labute approximate surface area is 95.4 Å². The van der Waals surface area contributed by atoms with Gasteiger partial charge < -0.3 is 5.73 Å². The van der Waals surface area contributed by atoms with E-state index < -0.39 is 20.9 Å². The smallest absolute Gasteiger partial charge is 0.158 e. The Kier molecular flexibility index (Phi) is 4.04. The summed E-state index contributed by atoms with van der Waals surface area (Å²) in [5.74, 6) is -0.578. The topological polar surface area (TPSA) is 60.2 Å². The summed E-state index contributed by atoms with van der Waals surface area (Å²) < 4.78 is 36.6. The molecule has 1 unspecified atom stereocenters. The van der Waals surface area contributed by atoms with Crippen molar-refractivity contribution in [2.24, 2.45) is 5.73 Å². The predicted molar refractivity (Wildman–Crippen MR) is 62.3 cm³/mol. The lowest BCUT2D eigenvalue weighted by atomic mass is 10.1. The van der Waals surface area contributed by atoms with Gasteiger partial charge >= 0.3 is 0 Å². The van der Waals surface area contributed by atoms with Crippen LogP contribution in [0, 0.1) is 12.7 Å². The van der Waals surface area contributed by atoms with Gasteiger partial charge in [-0.15, -0.1) is 0 Å². The van der Waals surface area contributed by atoms with Crippen molar-refractivity contribution in [2.45, 2.75) is 24.9 Å². The van der Waals surface area contributed by atoms with Crippen molar-refractivity contribution < 1.29 is 12.8 Å². The first-order valence-electron chi connectivity index (χ1n) is 5.03. The largest absolute Gasteiger partial charge is 0.329 e. The molecule has 0 aliphatic heterocycles. The van der Waals surface area contributed by atoms with Crippen molar-refractivity contribution in [1.82, 2.24) is 0 Å². The Morgan fingerprint density at radius 3 is 2.62 bits per heavy atom. The number of benzene rings is 1. The van der Waals surface area contributed by atoms with Crippen LogP contribution in [-0.2, 0) is 15.6 Å². The van der Waals surface area contributed by atoms with Crippen LogP contribution in [0.4, 0.5) is 4.39 Å². The summed E-state index contributed by atoms with van der Waals surface area (Å²) in [5, 5.41) is -0.602. The van der Waals surface area contributed by atoms with Crippen molar-refractivity contribution in [2.75, 3.05) is 6.54 Å². The van der Waals surface area contributed by atoms with E-state index in [1.165, 1.54) is 12.1 Å². The van der Waals surface area contributed by atoms with E-state index in [4.69, 9.17) is 5.73 Å². The fraction of sp³-hybridized carbons (Fsp3) is 0.455.